The van der Waals surface area contributed by atoms with E-state index in [1.807, 2.05) is 13.8 Å². The van der Waals surface area contributed by atoms with Gasteiger partial charge in [-0.1, -0.05) is 13.8 Å². The van der Waals surface area contributed by atoms with E-state index >= 15 is 0 Å². The van der Waals surface area contributed by atoms with Gasteiger partial charge in [-0.05, 0) is 12.1 Å². The molecule has 10 heteroatoms. The monoisotopic (exact) mass is 362 g/mol. The number of nitrogens with zero attached hydrogens (tertiary/aromatic N) is 5. The molecule has 0 spiro atoms. The van der Waals surface area contributed by atoms with Crippen LogP contribution in [0, 0.1) is 0 Å². The van der Waals surface area contributed by atoms with Crippen molar-refractivity contribution < 1.29 is 14.8 Å². The Bertz CT molecular complexity index is 800. The lowest BCUT2D eigenvalue weighted by Gasteiger charge is -2.20. The maximum Gasteiger partial charge on any atom is 0.344 e. The van der Waals surface area contributed by atoms with Gasteiger partial charge >= 0.3 is 6.03 Å². The van der Waals surface area contributed by atoms with Gasteiger partial charge in [-0.2, -0.15) is 10.2 Å². The summed E-state index contributed by atoms with van der Waals surface area (Å²) in [6, 6.07) is 0.784. The Morgan fingerprint density at radius 2 is 2.24 bits per heavy atom. The molecule has 4 heterocycles. The number of carbonyl (C=O) groups excluding carboxylic acids is 2. The third kappa shape index (κ3) is 3.26. The van der Waals surface area contributed by atoms with Crippen molar-refractivity contribution >= 4 is 34.1 Å². The Morgan fingerprint density at radius 1 is 1.44 bits per heavy atom. The van der Waals surface area contributed by atoms with Crippen molar-refractivity contribution in [1.29, 1.82) is 0 Å². The lowest BCUT2D eigenvalue weighted by Crippen LogP contribution is -2.31. The number of anilines is 1. The average molecular weight is 362 g/mol. The fourth-order valence-corrected chi connectivity index (χ4v) is 3.12. The highest BCUT2D eigenvalue weighted by atomic mass is 32.1. The van der Waals surface area contributed by atoms with Crippen LogP contribution in [0.3, 0.4) is 0 Å². The van der Waals surface area contributed by atoms with Crippen molar-refractivity contribution in [2.24, 2.45) is 0 Å². The zero-order chi connectivity index (χ0) is 18.0. The first-order valence-electron chi connectivity index (χ1n) is 7.86. The number of rotatable bonds is 3. The summed E-state index contributed by atoms with van der Waals surface area (Å²) < 4.78 is 1.54. The molecule has 2 N–H and O–H groups in total. The van der Waals surface area contributed by atoms with Gasteiger partial charge in [0.2, 0.25) is 0 Å². The van der Waals surface area contributed by atoms with Crippen LogP contribution in [0.5, 0.6) is 0 Å². The molecule has 1 atom stereocenters. The molecule has 2 aromatic rings. The largest absolute Gasteiger partial charge is 0.344 e. The zero-order valence-electron chi connectivity index (χ0n) is 13.8. The van der Waals surface area contributed by atoms with E-state index in [1.165, 1.54) is 16.2 Å². The standard InChI is InChI=1S/C13H12N6O3S.C2H6/c20-11(15-12-14-2-4-23-12)10-1-3-18(16-10)8-5-9-7-17(6-8)13(21)19(9)22;1-2/h1-5,9,22H,6-7H2,(H,14,15,20);1-2H3. The maximum atomic E-state index is 12.1. The molecule has 1 saturated heterocycles. The number of hydrogen-bond donors (Lipinski definition) is 2. The summed E-state index contributed by atoms with van der Waals surface area (Å²) in [7, 11) is 0. The van der Waals surface area contributed by atoms with Crippen LogP contribution in [0.25, 0.3) is 5.70 Å². The molecule has 25 heavy (non-hydrogen) atoms. The van der Waals surface area contributed by atoms with Gasteiger partial charge in [-0.3, -0.25) is 15.3 Å². The number of nitrogens with one attached hydrogen (secondary N) is 1. The fraction of sp³-hybridized carbons (Fsp3) is 0.333. The highest BCUT2D eigenvalue weighted by molar-refractivity contribution is 7.13. The number of hydrogen-bond acceptors (Lipinski definition) is 6. The smallest absolute Gasteiger partial charge is 0.314 e. The number of amides is 3. The molecular formula is C15H18N6O3S. The summed E-state index contributed by atoms with van der Waals surface area (Å²) in [5.41, 5.74) is 0.987. The number of carbonyl (C=O) groups is 2. The average Bonchev–Trinajstić information content (AvgIpc) is 3.36. The van der Waals surface area contributed by atoms with Crippen molar-refractivity contribution in [2.75, 3.05) is 18.4 Å². The van der Waals surface area contributed by atoms with Crippen molar-refractivity contribution in [3.8, 4) is 0 Å². The molecule has 2 aliphatic heterocycles. The normalized spacial score (nSPS) is 18.6. The van der Waals surface area contributed by atoms with Crippen molar-refractivity contribution in [1.82, 2.24) is 24.7 Å². The molecule has 0 aromatic carbocycles. The SMILES string of the molecule is CC.O=C(Nc1nccs1)c1ccn(C2=CC3CN(C2)C(=O)N3O)n1. The van der Waals surface area contributed by atoms with Crippen LogP contribution in [0.15, 0.2) is 29.9 Å². The van der Waals surface area contributed by atoms with E-state index in [0.717, 1.165) is 5.70 Å². The molecular weight excluding hydrogens is 344 g/mol. The van der Waals surface area contributed by atoms with Crippen molar-refractivity contribution in [2.45, 2.75) is 19.9 Å². The van der Waals surface area contributed by atoms with Crippen LogP contribution in [-0.2, 0) is 0 Å². The van der Waals surface area contributed by atoms with Gasteiger partial charge in [0, 0.05) is 24.3 Å². The molecule has 9 nitrogen and oxygen atoms in total. The van der Waals surface area contributed by atoms with Crippen LogP contribution in [0.4, 0.5) is 9.93 Å². The number of thiazole rings is 1. The minimum atomic E-state index is -0.421. The molecule has 0 radical (unpaired) electrons. The highest BCUT2D eigenvalue weighted by Gasteiger charge is 2.39. The lowest BCUT2D eigenvalue weighted by atomic mass is 10.2. The summed E-state index contributed by atoms with van der Waals surface area (Å²) in [6.07, 6.45) is 5.03. The van der Waals surface area contributed by atoms with Crippen molar-refractivity contribution in [3.63, 3.8) is 0 Å². The molecule has 1 unspecified atom stereocenters. The molecule has 2 aromatic heterocycles. The maximum absolute atomic E-state index is 12.1. The number of fused-ring (bicyclic) bond motifs is 2. The van der Waals surface area contributed by atoms with Crippen LogP contribution < -0.4 is 5.32 Å². The van der Waals surface area contributed by atoms with E-state index in [0.29, 0.717) is 23.3 Å². The zero-order valence-corrected chi connectivity index (χ0v) is 14.6. The van der Waals surface area contributed by atoms with Gasteiger partial charge in [-0.25, -0.2) is 14.5 Å². The minimum absolute atomic E-state index is 0.251. The quantitative estimate of drug-likeness (QED) is 0.813. The van der Waals surface area contributed by atoms with Gasteiger partial charge in [0.05, 0.1) is 18.3 Å². The molecule has 0 saturated carbocycles. The summed E-state index contributed by atoms with van der Waals surface area (Å²) in [5, 5.41) is 19.6. The molecule has 2 bridgehead atoms. The number of hydroxylamine groups is 2. The molecule has 4 rings (SSSR count). The van der Waals surface area contributed by atoms with Crippen LogP contribution in [-0.4, -0.2) is 61.0 Å². The first-order valence-corrected chi connectivity index (χ1v) is 8.74. The Kier molecular flexibility index (Phi) is 4.81. The van der Waals surface area contributed by atoms with E-state index < -0.39 is 6.03 Å². The van der Waals surface area contributed by atoms with Crippen molar-refractivity contribution in [3.05, 3.63) is 35.6 Å². The summed E-state index contributed by atoms with van der Waals surface area (Å²) >= 11 is 1.32. The Labute approximate surface area is 148 Å². The lowest BCUT2D eigenvalue weighted by molar-refractivity contribution is -0.0450. The van der Waals surface area contributed by atoms with E-state index in [9.17, 15) is 14.8 Å². The first kappa shape index (κ1) is 17.1. The Balaban J connectivity index is 0.000000880. The highest BCUT2D eigenvalue weighted by Crippen LogP contribution is 2.24. The Morgan fingerprint density at radius 3 is 2.92 bits per heavy atom. The third-order valence-corrected chi connectivity index (χ3v) is 4.38. The molecule has 2 aliphatic rings. The van der Waals surface area contributed by atoms with Crippen LogP contribution >= 0.6 is 11.3 Å². The number of aromatic nitrogens is 3. The van der Waals surface area contributed by atoms with E-state index in [1.54, 1.807) is 34.6 Å². The van der Waals surface area contributed by atoms with Gasteiger partial charge in [0.25, 0.3) is 5.91 Å². The topological polar surface area (TPSA) is 104 Å². The fourth-order valence-electron chi connectivity index (χ4n) is 2.59. The van der Waals surface area contributed by atoms with Gasteiger partial charge in [0.15, 0.2) is 10.8 Å². The van der Waals surface area contributed by atoms with E-state index in [-0.39, 0.29) is 17.6 Å². The summed E-state index contributed by atoms with van der Waals surface area (Å²) in [5.74, 6) is -0.349. The first-order chi connectivity index (χ1) is 12.1. The van der Waals surface area contributed by atoms with Gasteiger partial charge in [-0.15, -0.1) is 11.3 Å². The van der Waals surface area contributed by atoms with Gasteiger partial charge in [0.1, 0.15) is 0 Å². The second-order valence-corrected chi connectivity index (χ2v) is 6.06. The molecule has 0 aliphatic carbocycles. The summed E-state index contributed by atoms with van der Waals surface area (Å²) in [4.78, 5) is 29.3. The second-order valence-electron chi connectivity index (χ2n) is 5.17. The second kappa shape index (κ2) is 7.03. The van der Waals surface area contributed by atoms with Gasteiger partial charge < -0.3 is 4.90 Å². The molecule has 1 fully saturated rings. The van der Waals surface area contributed by atoms with Crippen LogP contribution in [0.1, 0.15) is 24.3 Å². The molecule has 3 amide bonds. The van der Waals surface area contributed by atoms with Crippen LogP contribution in [0.2, 0.25) is 0 Å². The van der Waals surface area contributed by atoms with E-state index in [2.05, 4.69) is 15.4 Å². The predicted octanol–water partition coefficient (Wildman–Crippen LogP) is 1.97. The number of urea groups is 1. The minimum Gasteiger partial charge on any atom is -0.314 e. The summed E-state index contributed by atoms with van der Waals surface area (Å²) in [6.45, 7) is 4.79. The third-order valence-electron chi connectivity index (χ3n) is 3.69. The Hall–Kier alpha value is -2.72. The van der Waals surface area contributed by atoms with E-state index in [4.69, 9.17) is 0 Å². The molecule has 132 valence electrons. The predicted molar refractivity (Wildman–Crippen MR) is 92.3 cm³/mol.